The van der Waals surface area contributed by atoms with Gasteiger partial charge in [0, 0.05) is 24.3 Å². The highest BCUT2D eigenvalue weighted by atomic mass is 16.2. The van der Waals surface area contributed by atoms with E-state index in [9.17, 15) is 9.59 Å². The average Bonchev–Trinajstić information content (AvgIpc) is 2.56. The summed E-state index contributed by atoms with van der Waals surface area (Å²) in [7, 11) is 0. The second kappa shape index (κ2) is 7.78. The number of likely N-dealkylation sites (tertiary alicyclic amines) is 1. The summed E-state index contributed by atoms with van der Waals surface area (Å²) in [5.74, 6) is 0.596. The highest BCUT2D eigenvalue weighted by Gasteiger charge is 2.23. The minimum Gasteiger partial charge on any atom is -0.339 e. The van der Waals surface area contributed by atoms with E-state index in [1.54, 1.807) is 24.3 Å². The van der Waals surface area contributed by atoms with Gasteiger partial charge in [0.15, 0.2) is 0 Å². The van der Waals surface area contributed by atoms with Crippen molar-refractivity contribution in [3.8, 4) is 0 Å². The Morgan fingerprint density at radius 3 is 2.45 bits per heavy atom. The molecule has 0 bridgehead atoms. The van der Waals surface area contributed by atoms with Crippen LogP contribution in [0.4, 0.5) is 5.69 Å². The Bertz CT molecular complexity index is 529. The van der Waals surface area contributed by atoms with Gasteiger partial charge in [0.25, 0.3) is 5.91 Å². The Hall–Kier alpha value is -2.10. The van der Waals surface area contributed by atoms with E-state index in [0.29, 0.717) is 11.3 Å². The van der Waals surface area contributed by atoms with E-state index in [-0.39, 0.29) is 11.8 Å². The molecule has 1 aromatic carbocycles. The van der Waals surface area contributed by atoms with Crippen LogP contribution in [0, 0.1) is 5.92 Å². The molecular formula is C18H24N2O2. The third kappa shape index (κ3) is 4.20. The summed E-state index contributed by atoms with van der Waals surface area (Å²) in [4.78, 5) is 25.6. The van der Waals surface area contributed by atoms with Gasteiger partial charge in [-0.15, -0.1) is 0 Å². The van der Waals surface area contributed by atoms with E-state index in [0.717, 1.165) is 31.8 Å². The number of carbonyl (C=O) groups is 2. The fraction of sp³-hybridized carbons (Fsp3) is 0.444. The summed E-state index contributed by atoms with van der Waals surface area (Å²) in [5, 5.41) is 2.68. The highest BCUT2D eigenvalue weighted by Crippen LogP contribution is 2.23. The Labute approximate surface area is 132 Å². The molecule has 1 heterocycles. The van der Waals surface area contributed by atoms with Crippen molar-refractivity contribution >= 4 is 17.5 Å². The third-order valence-electron chi connectivity index (χ3n) is 4.18. The SMILES string of the molecule is C=CC(=O)Nc1ccc(C(=O)N2CCC(CCC)CC2)cc1. The van der Waals surface area contributed by atoms with Crippen molar-refractivity contribution in [2.45, 2.75) is 32.6 Å². The molecule has 0 atom stereocenters. The zero-order valence-electron chi connectivity index (χ0n) is 13.2. The molecule has 1 aromatic rings. The molecule has 1 fully saturated rings. The number of nitrogens with zero attached hydrogens (tertiary/aromatic N) is 1. The highest BCUT2D eigenvalue weighted by molar-refractivity contribution is 5.99. The van der Waals surface area contributed by atoms with E-state index >= 15 is 0 Å². The number of rotatable bonds is 5. The maximum atomic E-state index is 12.5. The topological polar surface area (TPSA) is 49.4 Å². The number of piperidine rings is 1. The molecule has 1 aliphatic heterocycles. The van der Waals surface area contributed by atoms with Crippen molar-refractivity contribution in [2.75, 3.05) is 18.4 Å². The van der Waals surface area contributed by atoms with E-state index in [1.165, 1.54) is 18.9 Å². The van der Waals surface area contributed by atoms with E-state index in [4.69, 9.17) is 0 Å². The average molecular weight is 300 g/mol. The first-order valence-electron chi connectivity index (χ1n) is 7.96. The zero-order valence-corrected chi connectivity index (χ0v) is 13.2. The fourth-order valence-corrected chi connectivity index (χ4v) is 2.90. The lowest BCUT2D eigenvalue weighted by Gasteiger charge is -2.32. The molecule has 0 spiro atoms. The number of anilines is 1. The number of hydrogen-bond donors (Lipinski definition) is 1. The molecule has 2 rings (SSSR count). The number of hydrogen-bond acceptors (Lipinski definition) is 2. The van der Waals surface area contributed by atoms with Crippen LogP contribution >= 0.6 is 0 Å². The zero-order chi connectivity index (χ0) is 15.9. The lowest BCUT2D eigenvalue weighted by atomic mass is 9.92. The molecule has 0 unspecified atom stereocenters. The molecule has 0 radical (unpaired) electrons. The van der Waals surface area contributed by atoms with Crippen LogP contribution in [0.2, 0.25) is 0 Å². The normalized spacial score (nSPS) is 15.4. The van der Waals surface area contributed by atoms with Crippen LogP contribution in [-0.2, 0) is 4.79 Å². The van der Waals surface area contributed by atoms with Gasteiger partial charge < -0.3 is 10.2 Å². The number of nitrogens with one attached hydrogen (secondary N) is 1. The van der Waals surface area contributed by atoms with Gasteiger partial charge in [0.1, 0.15) is 0 Å². The summed E-state index contributed by atoms with van der Waals surface area (Å²) in [6.07, 6.45) is 5.91. The molecule has 22 heavy (non-hydrogen) atoms. The maximum absolute atomic E-state index is 12.5. The molecule has 1 N–H and O–H groups in total. The number of carbonyl (C=O) groups excluding carboxylic acids is 2. The van der Waals surface area contributed by atoms with E-state index in [2.05, 4.69) is 18.8 Å². The predicted molar refractivity (Wildman–Crippen MR) is 88.8 cm³/mol. The molecule has 2 amide bonds. The van der Waals surface area contributed by atoms with Crippen molar-refractivity contribution in [2.24, 2.45) is 5.92 Å². The van der Waals surface area contributed by atoms with Crippen molar-refractivity contribution in [3.05, 3.63) is 42.5 Å². The molecular weight excluding hydrogens is 276 g/mol. The van der Waals surface area contributed by atoms with Crippen LogP contribution in [0.5, 0.6) is 0 Å². The first-order valence-corrected chi connectivity index (χ1v) is 7.96. The first kappa shape index (κ1) is 16.3. The van der Waals surface area contributed by atoms with Crippen LogP contribution in [0.3, 0.4) is 0 Å². The molecule has 0 saturated carbocycles. The molecule has 118 valence electrons. The summed E-state index contributed by atoms with van der Waals surface area (Å²) >= 11 is 0. The van der Waals surface area contributed by atoms with Gasteiger partial charge in [0.05, 0.1) is 0 Å². The monoisotopic (exact) mass is 300 g/mol. The van der Waals surface area contributed by atoms with Crippen molar-refractivity contribution in [1.29, 1.82) is 0 Å². The van der Waals surface area contributed by atoms with E-state index in [1.807, 2.05) is 4.90 Å². The number of amides is 2. The van der Waals surface area contributed by atoms with E-state index < -0.39 is 0 Å². The van der Waals surface area contributed by atoms with Gasteiger partial charge in [-0.05, 0) is 49.1 Å². The van der Waals surface area contributed by atoms with Crippen LogP contribution in [0.1, 0.15) is 43.0 Å². The lowest BCUT2D eigenvalue weighted by Crippen LogP contribution is -2.38. The quantitative estimate of drug-likeness (QED) is 0.847. The van der Waals surface area contributed by atoms with Crippen LogP contribution in [0.15, 0.2) is 36.9 Å². The summed E-state index contributed by atoms with van der Waals surface area (Å²) in [5.41, 5.74) is 1.34. The van der Waals surface area contributed by atoms with Gasteiger partial charge >= 0.3 is 0 Å². The standard InChI is InChI=1S/C18H24N2O2/c1-3-5-14-10-12-20(13-11-14)18(22)15-6-8-16(9-7-15)19-17(21)4-2/h4,6-9,14H,2-3,5,10-13H2,1H3,(H,19,21). The molecule has 0 aliphatic carbocycles. The second-order valence-electron chi connectivity index (χ2n) is 5.79. The van der Waals surface area contributed by atoms with Gasteiger partial charge in [-0.1, -0.05) is 26.3 Å². The molecule has 0 aromatic heterocycles. The summed E-state index contributed by atoms with van der Waals surface area (Å²) < 4.78 is 0. The lowest BCUT2D eigenvalue weighted by molar-refractivity contribution is -0.111. The summed E-state index contributed by atoms with van der Waals surface area (Å²) in [6.45, 7) is 7.31. The van der Waals surface area contributed by atoms with Crippen molar-refractivity contribution in [1.82, 2.24) is 4.90 Å². The Morgan fingerprint density at radius 2 is 1.91 bits per heavy atom. The molecule has 1 aliphatic rings. The first-order chi connectivity index (χ1) is 10.6. The fourth-order valence-electron chi connectivity index (χ4n) is 2.90. The van der Waals surface area contributed by atoms with Crippen LogP contribution < -0.4 is 5.32 Å². The minimum absolute atomic E-state index is 0.0801. The van der Waals surface area contributed by atoms with Crippen LogP contribution in [-0.4, -0.2) is 29.8 Å². The van der Waals surface area contributed by atoms with Crippen LogP contribution in [0.25, 0.3) is 0 Å². The molecule has 4 nitrogen and oxygen atoms in total. The Balaban J connectivity index is 1.93. The van der Waals surface area contributed by atoms with Gasteiger partial charge in [-0.2, -0.15) is 0 Å². The molecule has 4 heteroatoms. The van der Waals surface area contributed by atoms with Gasteiger partial charge in [-0.25, -0.2) is 0 Å². The minimum atomic E-state index is -0.253. The predicted octanol–water partition coefficient (Wildman–Crippen LogP) is 3.46. The summed E-state index contributed by atoms with van der Waals surface area (Å²) in [6, 6.07) is 7.02. The Kier molecular flexibility index (Phi) is 5.75. The smallest absolute Gasteiger partial charge is 0.253 e. The largest absolute Gasteiger partial charge is 0.339 e. The Morgan fingerprint density at radius 1 is 1.27 bits per heavy atom. The van der Waals surface area contributed by atoms with Crippen molar-refractivity contribution in [3.63, 3.8) is 0 Å². The number of benzene rings is 1. The maximum Gasteiger partial charge on any atom is 0.253 e. The van der Waals surface area contributed by atoms with Crippen molar-refractivity contribution < 1.29 is 9.59 Å². The third-order valence-corrected chi connectivity index (χ3v) is 4.18. The van der Waals surface area contributed by atoms with Gasteiger partial charge in [-0.3, -0.25) is 9.59 Å². The molecule has 1 saturated heterocycles. The second-order valence-corrected chi connectivity index (χ2v) is 5.79. The van der Waals surface area contributed by atoms with Gasteiger partial charge in [0.2, 0.25) is 5.91 Å².